The standard InChI is InChI=1S/C9H8BrNO2/c1-5(13)6-2-3-8(11)9(10)7(6)4-12/h2-4H,11H2,1H3. The van der Waals surface area contributed by atoms with Gasteiger partial charge in [0.2, 0.25) is 0 Å². The summed E-state index contributed by atoms with van der Waals surface area (Å²) in [5, 5.41) is 0. The monoisotopic (exact) mass is 241 g/mol. The lowest BCUT2D eigenvalue weighted by Crippen LogP contribution is -2.01. The van der Waals surface area contributed by atoms with Gasteiger partial charge in [-0.05, 0) is 35.0 Å². The number of benzene rings is 1. The third-order valence-electron chi connectivity index (χ3n) is 1.71. The smallest absolute Gasteiger partial charge is 0.160 e. The van der Waals surface area contributed by atoms with E-state index in [0.717, 1.165) is 0 Å². The molecule has 3 nitrogen and oxygen atoms in total. The van der Waals surface area contributed by atoms with Gasteiger partial charge in [0.05, 0.1) is 4.47 Å². The Bertz CT molecular complexity index is 374. The maximum atomic E-state index is 11.1. The molecule has 0 aliphatic rings. The molecular weight excluding hydrogens is 234 g/mol. The molecule has 0 spiro atoms. The van der Waals surface area contributed by atoms with E-state index in [2.05, 4.69) is 15.9 Å². The van der Waals surface area contributed by atoms with Gasteiger partial charge in [-0.3, -0.25) is 9.59 Å². The number of nitrogen functional groups attached to an aromatic ring is 1. The number of nitrogens with two attached hydrogens (primary N) is 1. The van der Waals surface area contributed by atoms with Crippen molar-refractivity contribution in [2.75, 3.05) is 5.73 Å². The lowest BCUT2D eigenvalue weighted by atomic mass is 10.0. The van der Waals surface area contributed by atoms with Crippen LogP contribution in [0.25, 0.3) is 0 Å². The molecule has 0 heterocycles. The van der Waals surface area contributed by atoms with Crippen molar-refractivity contribution in [1.82, 2.24) is 0 Å². The molecule has 0 aromatic heterocycles. The van der Waals surface area contributed by atoms with Gasteiger partial charge in [0.15, 0.2) is 12.1 Å². The van der Waals surface area contributed by atoms with Gasteiger partial charge in [-0.1, -0.05) is 0 Å². The summed E-state index contributed by atoms with van der Waals surface area (Å²) in [4.78, 5) is 21.7. The number of aldehydes is 1. The molecule has 0 amide bonds. The highest BCUT2D eigenvalue weighted by molar-refractivity contribution is 9.10. The Labute approximate surface area is 84.1 Å². The summed E-state index contributed by atoms with van der Waals surface area (Å²) in [5.41, 5.74) is 6.70. The molecule has 68 valence electrons. The largest absolute Gasteiger partial charge is 0.398 e. The second-order valence-corrected chi connectivity index (χ2v) is 3.40. The van der Waals surface area contributed by atoms with Crippen LogP contribution in [0.3, 0.4) is 0 Å². The molecule has 0 saturated carbocycles. The average Bonchev–Trinajstić information content (AvgIpc) is 2.09. The van der Waals surface area contributed by atoms with Crippen LogP contribution in [0.1, 0.15) is 27.6 Å². The van der Waals surface area contributed by atoms with E-state index in [-0.39, 0.29) is 5.78 Å². The van der Waals surface area contributed by atoms with E-state index in [1.165, 1.54) is 6.92 Å². The minimum Gasteiger partial charge on any atom is -0.398 e. The normalized spacial score (nSPS) is 9.69. The predicted molar refractivity (Wildman–Crippen MR) is 53.9 cm³/mol. The summed E-state index contributed by atoms with van der Waals surface area (Å²) in [6.07, 6.45) is 0.622. The Morgan fingerprint density at radius 2 is 2.15 bits per heavy atom. The number of Topliss-reactive ketones (excluding diaryl/α,β-unsaturated/α-hetero) is 1. The fourth-order valence-electron chi connectivity index (χ4n) is 1.03. The second kappa shape index (κ2) is 3.70. The van der Waals surface area contributed by atoms with Crippen LogP contribution in [-0.2, 0) is 0 Å². The van der Waals surface area contributed by atoms with Gasteiger partial charge in [-0.15, -0.1) is 0 Å². The third kappa shape index (κ3) is 1.78. The zero-order chi connectivity index (χ0) is 10.0. The van der Waals surface area contributed by atoms with Crippen molar-refractivity contribution in [3.05, 3.63) is 27.7 Å². The van der Waals surface area contributed by atoms with Gasteiger partial charge in [0.1, 0.15) is 0 Å². The number of rotatable bonds is 2. The molecule has 0 aliphatic carbocycles. The minimum atomic E-state index is -0.150. The van der Waals surface area contributed by atoms with Crippen molar-refractivity contribution in [2.24, 2.45) is 0 Å². The lowest BCUT2D eigenvalue weighted by molar-refractivity contribution is 0.100. The molecule has 0 saturated heterocycles. The highest BCUT2D eigenvalue weighted by atomic mass is 79.9. The van der Waals surface area contributed by atoms with Crippen LogP contribution in [0.2, 0.25) is 0 Å². The van der Waals surface area contributed by atoms with Gasteiger partial charge in [0.25, 0.3) is 0 Å². The van der Waals surface area contributed by atoms with E-state index in [0.29, 0.717) is 27.6 Å². The summed E-state index contributed by atoms with van der Waals surface area (Å²) in [5.74, 6) is -0.150. The number of hydrogen-bond donors (Lipinski definition) is 1. The first-order valence-electron chi connectivity index (χ1n) is 3.62. The lowest BCUT2D eigenvalue weighted by Gasteiger charge is -2.05. The van der Waals surface area contributed by atoms with Crippen molar-refractivity contribution in [1.29, 1.82) is 0 Å². The third-order valence-corrected chi connectivity index (χ3v) is 2.59. The fourth-order valence-corrected chi connectivity index (χ4v) is 1.47. The van der Waals surface area contributed by atoms with E-state index in [4.69, 9.17) is 5.73 Å². The van der Waals surface area contributed by atoms with E-state index in [1.54, 1.807) is 12.1 Å². The van der Waals surface area contributed by atoms with E-state index in [9.17, 15) is 9.59 Å². The average molecular weight is 242 g/mol. The van der Waals surface area contributed by atoms with Gasteiger partial charge >= 0.3 is 0 Å². The molecule has 2 N–H and O–H groups in total. The van der Waals surface area contributed by atoms with Crippen molar-refractivity contribution in [3.63, 3.8) is 0 Å². The first-order chi connectivity index (χ1) is 6.07. The molecule has 1 aromatic carbocycles. The van der Waals surface area contributed by atoms with Crippen molar-refractivity contribution in [3.8, 4) is 0 Å². The van der Waals surface area contributed by atoms with Crippen LogP contribution in [0, 0.1) is 0 Å². The number of halogens is 1. The summed E-state index contributed by atoms with van der Waals surface area (Å²) in [6.45, 7) is 1.41. The van der Waals surface area contributed by atoms with E-state index in [1.807, 2.05) is 0 Å². The summed E-state index contributed by atoms with van der Waals surface area (Å²) in [6, 6.07) is 3.14. The zero-order valence-corrected chi connectivity index (χ0v) is 8.59. The van der Waals surface area contributed by atoms with Gasteiger partial charge in [-0.25, -0.2) is 0 Å². The van der Waals surface area contributed by atoms with Crippen molar-refractivity contribution >= 4 is 33.7 Å². The Morgan fingerprint density at radius 3 is 2.62 bits per heavy atom. The van der Waals surface area contributed by atoms with Crippen LogP contribution < -0.4 is 5.73 Å². The number of carbonyl (C=O) groups is 2. The molecule has 1 aromatic rings. The van der Waals surface area contributed by atoms with Gasteiger partial charge < -0.3 is 5.73 Å². The Morgan fingerprint density at radius 1 is 1.54 bits per heavy atom. The van der Waals surface area contributed by atoms with Crippen molar-refractivity contribution in [2.45, 2.75) is 6.92 Å². The number of hydrogen-bond acceptors (Lipinski definition) is 3. The molecule has 0 fully saturated rings. The number of anilines is 1. The SMILES string of the molecule is CC(=O)c1ccc(N)c(Br)c1C=O. The quantitative estimate of drug-likeness (QED) is 0.490. The summed E-state index contributed by atoms with van der Waals surface area (Å²) >= 11 is 3.15. The van der Waals surface area contributed by atoms with E-state index >= 15 is 0 Å². The Kier molecular flexibility index (Phi) is 2.83. The zero-order valence-electron chi connectivity index (χ0n) is 7.00. The molecule has 0 unspecified atom stereocenters. The molecule has 0 atom stereocenters. The van der Waals surface area contributed by atoms with Crippen LogP contribution in [0.5, 0.6) is 0 Å². The molecule has 0 radical (unpaired) electrons. The van der Waals surface area contributed by atoms with Gasteiger partial charge in [0, 0.05) is 16.8 Å². The molecule has 0 bridgehead atoms. The topological polar surface area (TPSA) is 60.2 Å². The molecule has 0 aliphatic heterocycles. The maximum absolute atomic E-state index is 11.1. The second-order valence-electron chi connectivity index (χ2n) is 2.60. The molecule has 4 heteroatoms. The van der Waals surface area contributed by atoms with Crippen LogP contribution in [-0.4, -0.2) is 12.1 Å². The van der Waals surface area contributed by atoms with Crippen molar-refractivity contribution < 1.29 is 9.59 Å². The highest BCUT2D eigenvalue weighted by Gasteiger charge is 2.11. The first kappa shape index (κ1) is 9.92. The fraction of sp³-hybridized carbons (Fsp3) is 0.111. The molecule has 1 rings (SSSR count). The highest BCUT2D eigenvalue weighted by Crippen LogP contribution is 2.25. The number of ketones is 1. The molecule has 13 heavy (non-hydrogen) atoms. The first-order valence-corrected chi connectivity index (χ1v) is 4.41. The maximum Gasteiger partial charge on any atom is 0.160 e. The predicted octanol–water partition coefficient (Wildman–Crippen LogP) is 2.05. The van der Waals surface area contributed by atoms with Crippen LogP contribution in [0.15, 0.2) is 16.6 Å². The Balaban J connectivity index is 3.47. The summed E-state index contributed by atoms with van der Waals surface area (Å²) < 4.78 is 0.482. The minimum absolute atomic E-state index is 0.150. The van der Waals surface area contributed by atoms with Crippen LogP contribution >= 0.6 is 15.9 Å². The van der Waals surface area contributed by atoms with E-state index < -0.39 is 0 Å². The van der Waals surface area contributed by atoms with Crippen LogP contribution in [0.4, 0.5) is 5.69 Å². The molecular formula is C9H8BrNO2. The summed E-state index contributed by atoms with van der Waals surface area (Å²) in [7, 11) is 0. The Hall–Kier alpha value is -1.16. The van der Waals surface area contributed by atoms with Gasteiger partial charge in [-0.2, -0.15) is 0 Å². The number of carbonyl (C=O) groups excluding carboxylic acids is 2.